The Bertz CT molecular complexity index is 279. The summed E-state index contributed by atoms with van der Waals surface area (Å²) in [5.41, 5.74) is 8.69. The second-order valence-electron chi connectivity index (χ2n) is 5.45. The maximum absolute atomic E-state index is 5.49. The van der Waals surface area contributed by atoms with Gasteiger partial charge in [-0.1, -0.05) is 45.0 Å². The highest BCUT2D eigenvalue weighted by Crippen LogP contribution is 2.20. The molecule has 1 aromatic rings. The SMILES string of the molecule is CC(C)(C)Cc1ccc(CCCN)cc1. The van der Waals surface area contributed by atoms with Crippen molar-refractivity contribution in [3.8, 4) is 0 Å². The van der Waals surface area contributed by atoms with E-state index >= 15 is 0 Å². The zero-order valence-electron chi connectivity index (χ0n) is 10.2. The maximum Gasteiger partial charge on any atom is -0.00741 e. The number of nitrogens with two attached hydrogens (primary N) is 1. The summed E-state index contributed by atoms with van der Waals surface area (Å²) in [7, 11) is 0. The lowest BCUT2D eigenvalue weighted by molar-refractivity contribution is 0.411. The third kappa shape index (κ3) is 4.98. The highest BCUT2D eigenvalue weighted by Gasteiger charge is 2.10. The normalized spacial score (nSPS) is 11.7. The number of rotatable bonds is 4. The predicted molar refractivity (Wildman–Crippen MR) is 67.0 cm³/mol. The largest absolute Gasteiger partial charge is 0.330 e. The van der Waals surface area contributed by atoms with Crippen LogP contribution in [0.1, 0.15) is 38.3 Å². The molecule has 0 saturated heterocycles. The zero-order chi connectivity index (χ0) is 11.3. The van der Waals surface area contributed by atoms with Gasteiger partial charge in [0.1, 0.15) is 0 Å². The Kier molecular flexibility index (Phi) is 4.34. The van der Waals surface area contributed by atoms with Gasteiger partial charge in [-0.25, -0.2) is 0 Å². The molecule has 0 radical (unpaired) electrons. The van der Waals surface area contributed by atoms with Crippen LogP contribution in [0.25, 0.3) is 0 Å². The van der Waals surface area contributed by atoms with Crippen LogP contribution in [0.2, 0.25) is 0 Å². The molecule has 0 aromatic heterocycles. The van der Waals surface area contributed by atoms with Gasteiger partial charge in [-0.05, 0) is 42.3 Å². The van der Waals surface area contributed by atoms with Crippen molar-refractivity contribution in [1.82, 2.24) is 0 Å². The van der Waals surface area contributed by atoms with Gasteiger partial charge in [-0.15, -0.1) is 0 Å². The van der Waals surface area contributed by atoms with E-state index in [2.05, 4.69) is 45.0 Å². The van der Waals surface area contributed by atoms with E-state index < -0.39 is 0 Å². The fourth-order valence-corrected chi connectivity index (χ4v) is 1.74. The average Bonchev–Trinajstić information content (AvgIpc) is 2.14. The molecular weight excluding hydrogens is 182 g/mol. The van der Waals surface area contributed by atoms with Crippen LogP contribution in [0.4, 0.5) is 0 Å². The summed E-state index contributed by atoms with van der Waals surface area (Å²) in [5, 5.41) is 0. The van der Waals surface area contributed by atoms with Crippen LogP contribution in [-0.4, -0.2) is 6.54 Å². The van der Waals surface area contributed by atoms with Gasteiger partial charge in [0, 0.05) is 0 Å². The Hall–Kier alpha value is -0.820. The molecule has 0 amide bonds. The minimum atomic E-state index is 0.374. The van der Waals surface area contributed by atoms with Crippen LogP contribution in [-0.2, 0) is 12.8 Å². The van der Waals surface area contributed by atoms with Crippen molar-refractivity contribution in [3.63, 3.8) is 0 Å². The third-order valence-electron chi connectivity index (χ3n) is 2.43. The van der Waals surface area contributed by atoms with E-state index in [0.29, 0.717) is 5.41 Å². The van der Waals surface area contributed by atoms with E-state index in [1.54, 1.807) is 0 Å². The van der Waals surface area contributed by atoms with Gasteiger partial charge in [0.25, 0.3) is 0 Å². The summed E-state index contributed by atoms with van der Waals surface area (Å²) in [6.07, 6.45) is 3.33. The van der Waals surface area contributed by atoms with Crippen molar-refractivity contribution in [2.24, 2.45) is 11.1 Å². The van der Waals surface area contributed by atoms with E-state index in [1.807, 2.05) is 0 Å². The first-order valence-electron chi connectivity index (χ1n) is 5.79. The van der Waals surface area contributed by atoms with Gasteiger partial charge < -0.3 is 5.73 Å². The van der Waals surface area contributed by atoms with Gasteiger partial charge in [0.15, 0.2) is 0 Å². The molecule has 84 valence electrons. The topological polar surface area (TPSA) is 26.0 Å². The van der Waals surface area contributed by atoms with E-state index in [4.69, 9.17) is 5.73 Å². The van der Waals surface area contributed by atoms with Crippen molar-refractivity contribution in [1.29, 1.82) is 0 Å². The molecule has 1 rings (SSSR count). The molecule has 0 heterocycles. The molecule has 0 unspecified atom stereocenters. The van der Waals surface area contributed by atoms with Crippen LogP contribution in [0.15, 0.2) is 24.3 Å². The highest BCUT2D eigenvalue weighted by atomic mass is 14.5. The number of benzene rings is 1. The molecule has 0 atom stereocenters. The van der Waals surface area contributed by atoms with E-state index in [1.165, 1.54) is 11.1 Å². The molecule has 0 spiro atoms. The molecule has 0 saturated carbocycles. The molecule has 2 N–H and O–H groups in total. The highest BCUT2D eigenvalue weighted by molar-refractivity contribution is 5.23. The standard InChI is InChI=1S/C14H23N/c1-14(2,3)11-13-8-6-12(7-9-13)5-4-10-15/h6-9H,4-5,10-11,15H2,1-3H3. The lowest BCUT2D eigenvalue weighted by atomic mass is 9.88. The van der Waals surface area contributed by atoms with Gasteiger partial charge in [-0.2, -0.15) is 0 Å². The van der Waals surface area contributed by atoms with Crippen LogP contribution in [0, 0.1) is 5.41 Å². The lowest BCUT2D eigenvalue weighted by Gasteiger charge is -2.18. The van der Waals surface area contributed by atoms with Crippen LogP contribution >= 0.6 is 0 Å². The Balaban J connectivity index is 2.56. The molecule has 1 nitrogen and oxygen atoms in total. The third-order valence-corrected chi connectivity index (χ3v) is 2.43. The zero-order valence-corrected chi connectivity index (χ0v) is 10.2. The van der Waals surface area contributed by atoms with E-state index in [-0.39, 0.29) is 0 Å². The first kappa shape index (κ1) is 12.3. The summed E-state index contributed by atoms with van der Waals surface area (Å²) in [6, 6.07) is 8.96. The number of hydrogen-bond donors (Lipinski definition) is 1. The summed E-state index contributed by atoms with van der Waals surface area (Å²) in [4.78, 5) is 0. The fraction of sp³-hybridized carbons (Fsp3) is 0.571. The minimum Gasteiger partial charge on any atom is -0.330 e. The van der Waals surface area contributed by atoms with Crippen molar-refractivity contribution in [2.75, 3.05) is 6.54 Å². The Morgan fingerprint density at radius 2 is 1.53 bits per heavy atom. The van der Waals surface area contributed by atoms with Crippen LogP contribution in [0.3, 0.4) is 0 Å². The van der Waals surface area contributed by atoms with Crippen molar-refractivity contribution < 1.29 is 0 Å². The van der Waals surface area contributed by atoms with Crippen molar-refractivity contribution in [3.05, 3.63) is 35.4 Å². The van der Waals surface area contributed by atoms with E-state index in [9.17, 15) is 0 Å². The Morgan fingerprint density at radius 3 is 2.00 bits per heavy atom. The first-order valence-corrected chi connectivity index (χ1v) is 5.79. The molecule has 1 aromatic carbocycles. The summed E-state index contributed by atoms with van der Waals surface area (Å²) in [5.74, 6) is 0. The smallest absolute Gasteiger partial charge is 0.00741 e. The molecule has 15 heavy (non-hydrogen) atoms. The summed E-state index contributed by atoms with van der Waals surface area (Å²) in [6.45, 7) is 7.60. The minimum absolute atomic E-state index is 0.374. The number of aryl methyl sites for hydroxylation is 1. The van der Waals surface area contributed by atoms with Gasteiger partial charge in [0.05, 0.1) is 0 Å². The molecular formula is C14H23N. The van der Waals surface area contributed by atoms with E-state index in [0.717, 1.165) is 25.8 Å². The second kappa shape index (κ2) is 5.32. The lowest BCUT2D eigenvalue weighted by Crippen LogP contribution is -2.09. The maximum atomic E-state index is 5.49. The molecule has 0 fully saturated rings. The monoisotopic (exact) mass is 205 g/mol. The van der Waals surface area contributed by atoms with Gasteiger partial charge in [0.2, 0.25) is 0 Å². The second-order valence-corrected chi connectivity index (χ2v) is 5.45. The molecule has 0 aliphatic heterocycles. The van der Waals surface area contributed by atoms with Gasteiger partial charge in [-0.3, -0.25) is 0 Å². The van der Waals surface area contributed by atoms with Gasteiger partial charge >= 0.3 is 0 Å². The van der Waals surface area contributed by atoms with Crippen molar-refractivity contribution in [2.45, 2.75) is 40.0 Å². The first-order chi connectivity index (χ1) is 7.01. The quantitative estimate of drug-likeness (QED) is 0.802. The predicted octanol–water partition coefficient (Wildman–Crippen LogP) is 3.17. The number of hydrogen-bond acceptors (Lipinski definition) is 1. The Morgan fingerprint density at radius 1 is 1.00 bits per heavy atom. The fourth-order valence-electron chi connectivity index (χ4n) is 1.74. The van der Waals surface area contributed by atoms with Crippen molar-refractivity contribution >= 4 is 0 Å². The average molecular weight is 205 g/mol. The molecule has 1 heteroatoms. The Labute approximate surface area is 93.7 Å². The van der Waals surface area contributed by atoms with Crippen LogP contribution in [0.5, 0.6) is 0 Å². The summed E-state index contributed by atoms with van der Waals surface area (Å²) >= 11 is 0. The summed E-state index contributed by atoms with van der Waals surface area (Å²) < 4.78 is 0. The molecule has 0 bridgehead atoms. The molecule has 0 aliphatic carbocycles. The van der Waals surface area contributed by atoms with Crippen LogP contribution < -0.4 is 5.73 Å². The molecule has 0 aliphatic rings.